The van der Waals surface area contributed by atoms with Crippen molar-refractivity contribution in [3.8, 4) is 0 Å². The minimum atomic E-state index is 0.246. The fraction of sp³-hybridized carbons (Fsp3) is 0.938. The number of nitrogens with one attached hydrogen (secondary N) is 2. The Bertz CT molecular complexity index is 305. The van der Waals surface area contributed by atoms with Crippen LogP contribution in [0.15, 0.2) is 0 Å². The van der Waals surface area contributed by atoms with Crippen LogP contribution in [0.5, 0.6) is 0 Å². The zero-order chi connectivity index (χ0) is 14.5. The van der Waals surface area contributed by atoms with Crippen LogP contribution in [0.4, 0.5) is 0 Å². The first kappa shape index (κ1) is 15.8. The van der Waals surface area contributed by atoms with Crippen LogP contribution >= 0.6 is 0 Å². The van der Waals surface area contributed by atoms with Crippen molar-refractivity contribution < 1.29 is 4.79 Å². The summed E-state index contributed by atoms with van der Waals surface area (Å²) in [5, 5.41) is 6.81. The van der Waals surface area contributed by atoms with Crippen molar-refractivity contribution >= 4 is 5.91 Å². The van der Waals surface area contributed by atoms with Crippen molar-refractivity contribution in [2.75, 3.05) is 19.6 Å². The van der Waals surface area contributed by atoms with E-state index < -0.39 is 0 Å². The van der Waals surface area contributed by atoms with Crippen molar-refractivity contribution in [1.82, 2.24) is 15.5 Å². The molecule has 0 spiro atoms. The van der Waals surface area contributed by atoms with Crippen LogP contribution in [0.1, 0.15) is 52.9 Å². The number of nitrogens with zero attached hydrogens (tertiary/aromatic N) is 1. The summed E-state index contributed by atoms with van der Waals surface area (Å²) in [5.74, 6) is 0.838. The van der Waals surface area contributed by atoms with E-state index in [1.165, 1.54) is 25.7 Å². The molecule has 4 nitrogen and oxygen atoms in total. The molecule has 0 radical (unpaired) electrons. The van der Waals surface area contributed by atoms with Crippen molar-refractivity contribution in [2.45, 2.75) is 71.0 Å². The highest BCUT2D eigenvalue weighted by molar-refractivity contribution is 5.76. The van der Waals surface area contributed by atoms with Crippen LogP contribution in [0.25, 0.3) is 0 Å². The molecule has 20 heavy (non-hydrogen) atoms. The lowest BCUT2D eigenvalue weighted by Crippen LogP contribution is -2.44. The molecule has 2 saturated heterocycles. The van der Waals surface area contributed by atoms with Crippen LogP contribution in [-0.2, 0) is 4.79 Å². The average molecular weight is 281 g/mol. The van der Waals surface area contributed by atoms with E-state index in [9.17, 15) is 4.79 Å². The van der Waals surface area contributed by atoms with Gasteiger partial charge >= 0.3 is 0 Å². The zero-order valence-electron chi connectivity index (χ0n) is 13.3. The molecule has 2 aliphatic heterocycles. The van der Waals surface area contributed by atoms with Crippen LogP contribution in [-0.4, -0.2) is 48.6 Å². The molecule has 0 saturated carbocycles. The monoisotopic (exact) mass is 281 g/mol. The summed E-state index contributed by atoms with van der Waals surface area (Å²) in [6.07, 6.45) is 5.71. The molecule has 4 heteroatoms. The van der Waals surface area contributed by atoms with E-state index in [0.29, 0.717) is 18.0 Å². The first-order chi connectivity index (χ1) is 9.60. The Morgan fingerprint density at radius 3 is 2.40 bits per heavy atom. The SMILES string of the molecule is CCN(CC)CC(C)NC(=O)CC1CC2CCC(C1)N2. The molecule has 2 fully saturated rings. The Kier molecular flexibility index (Phi) is 5.85. The summed E-state index contributed by atoms with van der Waals surface area (Å²) in [4.78, 5) is 14.5. The molecule has 3 atom stereocenters. The Morgan fingerprint density at radius 1 is 1.25 bits per heavy atom. The van der Waals surface area contributed by atoms with Crippen LogP contribution in [0.3, 0.4) is 0 Å². The van der Waals surface area contributed by atoms with Gasteiger partial charge in [-0.05, 0) is 51.6 Å². The smallest absolute Gasteiger partial charge is 0.220 e. The fourth-order valence-corrected chi connectivity index (χ4v) is 3.85. The Balaban J connectivity index is 1.69. The highest BCUT2D eigenvalue weighted by atomic mass is 16.1. The number of likely N-dealkylation sites (N-methyl/N-ethyl adjacent to an activating group) is 1. The number of carbonyl (C=O) groups is 1. The van der Waals surface area contributed by atoms with Crippen LogP contribution in [0, 0.1) is 5.92 Å². The lowest BCUT2D eigenvalue weighted by molar-refractivity contribution is -0.123. The van der Waals surface area contributed by atoms with Gasteiger partial charge < -0.3 is 15.5 Å². The zero-order valence-corrected chi connectivity index (χ0v) is 13.3. The van der Waals surface area contributed by atoms with Crippen molar-refractivity contribution in [3.05, 3.63) is 0 Å². The van der Waals surface area contributed by atoms with Gasteiger partial charge in [0.05, 0.1) is 0 Å². The second-order valence-corrected chi connectivity index (χ2v) is 6.63. The summed E-state index contributed by atoms with van der Waals surface area (Å²) >= 11 is 0. The summed E-state index contributed by atoms with van der Waals surface area (Å²) < 4.78 is 0. The number of hydrogen-bond acceptors (Lipinski definition) is 3. The number of piperidine rings is 1. The normalized spacial score (nSPS) is 30.5. The maximum Gasteiger partial charge on any atom is 0.220 e. The minimum Gasteiger partial charge on any atom is -0.352 e. The molecular weight excluding hydrogens is 250 g/mol. The number of rotatable bonds is 7. The quantitative estimate of drug-likeness (QED) is 0.747. The van der Waals surface area contributed by atoms with Gasteiger partial charge in [-0.3, -0.25) is 4.79 Å². The summed E-state index contributed by atoms with van der Waals surface area (Å²) in [7, 11) is 0. The summed E-state index contributed by atoms with van der Waals surface area (Å²) in [6, 6.07) is 1.61. The first-order valence-electron chi connectivity index (χ1n) is 8.38. The van der Waals surface area contributed by atoms with E-state index in [4.69, 9.17) is 0 Å². The van der Waals surface area contributed by atoms with E-state index in [1.54, 1.807) is 0 Å². The minimum absolute atomic E-state index is 0.246. The molecule has 2 bridgehead atoms. The van der Waals surface area contributed by atoms with Gasteiger partial charge in [-0.1, -0.05) is 13.8 Å². The maximum absolute atomic E-state index is 12.2. The van der Waals surface area contributed by atoms with Gasteiger partial charge in [-0.2, -0.15) is 0 Å². The van der Waals surface area contributed by atoms with Gasteiger partial charge in [0.25, 0.3) is 0 Å². The van der Waals surface area contributed by atoms with Crippen LogP contribution in [0.2, 0.25) is 0 Å². The fourth-order valence-electron chi connectivity index (χ4n) is 3.85. The van der Waals surface area contributed by atoms with E-state index in [-0.39, 0.29) is 11.9 Å². The highest BCUT2D eigenvalue weighted by Crippen LogP contribution is 2.32. The molecule has 2 aliphatic rings. The average Bonchev–Trinajstić information content (AvgIpc) is 2.75. The molecule has 2 rings (SSSR count). The predicted octanol–water partition coefficient (Wildman–Crippen LogP) is 1.75. The lowest BCUT2D eigenvalue weighted by Gasteiger charge is -2.29. The predicted molar refractivity (Wildman–Crippen MR) is 82.7 cm³/mol. The topological polar surface area (TPSA) is 44.4 Å². The van der Waals surface area contributed by atoms with Gasteiger partial charge in [0.15, 0.2) is 0 Å². The third-order valence-electron chi connectivity index (χ3n) is 4.88. The molecular formula is C16H31N3O. The van der Waals surface area contributed by atoms with E-state index >= 15 is 0 Å². The van der Waals surface area contributed by atoms with E-state index in [1.807, 2.05) is 0 Å². The lowest BCUT2D eigenvalue weighted by atomic mass is 9.89. The van der Waals surface area contributed by atoms with Gasteiger partial charge in [0.2, 0.25) is 5.91 Å². The van der Waals surface area contributed by atoms with Gasteiger partial charge in [-0.15, -0.1) is 0 Å². The number of carbonyl (C=O) groups excluding carboxylic acids is 1. The molecule has 116 valence electrons. The van der Waals surface area contributed by atoms with Gasteiger partial charge in [0.1, 0.15) is 0 Å². The second-order valence-electron chi connectivity index (χ2n) is 6.63. The Hall–Kier alpha value is -0.610. The van der Waals surface area contributed by atoms with Gasteiger partial charge in [-0.25, -0.2) is 0 Å². The molecule has 0 aliphatic carbocycles. The molecule has 0 aromatic carbocycles. The van der Waals surface area contributed by atoms with Crippen molar-refractivity contribution in [2.24, 2.45) is 5.92 Å². The maximum atomic E-state index is 12.2. The molecule has 1 amide bonds. The molecule has 2 heterocycles. The molecule has 3 unspecified atom stereocenters. The van der Waals surface area contributed by atoms with Gasteiger partial charge in [0, 0.05) is 31.1 Å². The summed E-state index contributed by atoms with van der Waals surface area (Å²) in [6.45, 7) is 9.51. The Labute approximate surface area is 123 Å². The third kappa shape index (κ3) is 4.45. The van der Waals surface area contributed by atoms with Crippen LogP contribution < -0.4 is 10.6 Å². The Morgan fingerprint density at radius 2 is 1.85 bits per heavy atom. The third-order valence-corrected chi connectivity index (χ3v) is 4.88. The summed E-state index contributed by atoms with van der Waals surface area (Å²) in [5.41, 5.74) is 0. The number of hydrogen-bond donors (Lipinski definition) is 2. The highest BCUT2D eigenvalue weighted by Gasteiger charge is 2.34. The second kappa shape index (κ2) is 7.41. The number of fused-ring (bicyclic) bond motifs is 2. The standard InChI is InChI=1S/C16H31N3O/c1-4-19(5-2)11-12(3)17-16(20)10-13-8-14-6-7-15(9-13)18-14/h12-15,18H,4-11H2,1-3H3,(H,17,20). The first-order valence-corrected chi connectivity index (χ1v) is 8.38. The van der Waals surface area contributed by atoms with Crippen molar-refractivity contribution in [1.29, 1.82) is 0 Å². The largest absolute Gasteiger partial charge is 0.352 e. The van der Waals surface area contributed by atoms with Crippen molar-refractivity contribution in [3.63, 3.8) is 0 Å². The van der Waals surface area contributed by atoms with E-state index in [2.05, 4.69) is 36.3 Å². The molecule has 0 aromatic heterocycles. The molecule has 0 aromatic rings. The molecule has 2 N–H and O–H groups in total. The van der Waals surface area contributed by atoms with E-state index in [0.717, 1.165) is 26.1 Å². The number of amides is 1.